The van der Waals surface area contributed by atoms with E-state index in [1.165, 1.54) is 45.2 Å². The fourth-order valence-electron chi connectivity index (χ4n) is 7.01. The van der Waals surface area contributed by atoms with Crippen molar-refractivity contribution in [2.24, 2.45) is 0 Å². The summed E-state index contributed by atoms with van der Waals surface area (Å²) in [6.45, 7) is 9.35. The molecule has 1 atom stereocenters. The van der Waals surface area contributed by atoms with E-state index in [9.17, 15) is 9.59 Å². The van der Waals surface area contributed by atoms with Crippen molar-refractivity contribution in [1.29, 1.82) is 0 Å². The Morgan fingerprint density at radius 3 is 2.52 bits per heavy atom. The van der Waals surface area contributed by atoms with Gasteiger partial charge in [-0.1, -0.05) is 33.1 Å². The Kier molecular flexibility index (Phi) is 10.2. The van der Waals surface area contributed by atoms with Gasteiger partial charge in [0.15, 0.2) is 5.75 Å². The number of cyclic esters (lactones) is 1. The van der Waals surface area contributed by atoms with E-state index >= 15 is 0 Å². The molecule has 0 bridgehead atoms. The molecule has 1 radical (unpaired) electrons. The topological polar surface area (TPSA) is 108 Å². The number of carbonyl (C=O) groups excluding carboxylic acids is 1. The van der Waals surface area contributed by atoms with Gasteiger partial charge in [0.05, 0.1) is 34.9 Å². The van der Waals surface area contributed by atoms with Gasteiger partial charge in [0.2, 0.25) is 0 Å². The molecule has 1 aromatic carbocycles. The third-order valence-corrected chi connectivity index (χ3v) is 9.20. The summed E-state index contributed by atoms with van der Waals surface area (Å²) < 4.78 is 6.98. The minimum atomic E-state index is -0.420. The quantitative estimate of drug-likeness (QED) is 0.180. The number of ether oxygens (including phenoxy) is 1. The zero-order valence-electron chi connectivity index (χ0n) is 24.6. The maximum absolute atomic E-state index is 13.2. The first kappa shape index (κ1) is 31.3. The van der Waals surface area contributed by atoms with E-state index < -0.39 is 5.92 Å². The van der Waals surface area contributed by atoms with Crippen molar-refractivity contribution in [3.05, 3.63) is 62.2 Å². The van der Waals surface area contributed by atoms with Gasteiger partial charge in [-0.25, -0.2) is 10.2 Å². The summed E-state index contributed by atoms with van der Waals surface area (Å²) in [7, 11) is 0. The molecule has 1 unspecified atom stereocenters. The van der Waals surface area contributed by atoms with Gasteiger partial charge >= 0.3 is 5.97 Å². The van der Waals surface area contributed by atoms with E-state index in [0.717, 1.165) is 64.5 Å². The van der Waals surface area contributed by atoms with E-state index in [2.05, 4.69) is 22.0 Å². The summed E-state index contributed by atoms with van der Waals surface area (Å²) in [6, 6.07) is 8.03. The number of aromatic nitrogens is 2. The number of rotatable bonds is 4. The number of benzene rings is 1. The SMILES string of the molecule is C1CCN(C2CC[N-]CC2)CC1.CCc1c2c(nc3ccc(OO)cc13)-c1cc3c(c(=O)n1C2)COC(=O)C3CC.[Y]. The molecule has 7 rings (SSSR count). The Balaban J connectivity index is 0.000000228. The Labute approximate surface area is 271 Å². The molecule has 2 saturated heterocycles. The second-order valence-corrected chi connectivity index (χ2v) is 11.5. The summed E-state index contributed by atoms with van der Waals surface area (Å²) in [5, 5.41) is 14.3. The molecule has 10 heteroatoms. The number of hydrogen-bond donors (Lipinski definition) is 1. The van der Waals surface area contributed by atoms with Crippen LogP contribution >= 0.6 is 0 Å². The van der Waals surface area contributed by atoms with Gasteiger partial charge in [0.25, 0.3) is 5.56 Å². The fourth-order valence-corrected chi connectivity index (χ4v) is 7.01. The average Bonchev–Trinajstić information content (AvgIpc) is 3.39. The van der Waals surface area contributed by atoms with E-state index in [-0.39, 0.29) is 50.8 Å². The number of hydrogen-bond acceptors (Lipinski definition) is 7. The number of aryl methyl sites for hydroxylation is 1. The zero-order valence-corrected chi connectivity index (χ0v) is 27.4. The van der Waals surface area contributed by atoms with Crippen molar-refractivity contribution in [2.45, 2.75) is 83.9 Å². The minimum absolute atomic E-state index is 0. The van der Waals surface area contributed by atoms with Gasteiger partial charge in [-0.05, 0) is 74.2 Å². The van der Waals surface area contributed by atoms with Crippen LogP contribution in [0.1, 0.15) is 80.5 Å². The van der Waals surface area contributed by atoms with E-state index in [1.54, 1.807) is 22.8 Å². The van der Waals surface area contributed by atoms with Gasteiger partial charge in [-0.3, -0.25) is 9.59 Å². The van der Waals surface area contributed by atoms with Crippen LogP contribution < -0.4 is 10.4 Å². The molecule has 3 aromatic rings. The molecule has 2 aromatic heterocycles. The van der Waals surface area contributed by atoms with Crippen LogP contribution in [0.5, 0.6) is 5.75 Å². The van der Waals surface area contributed by atoms with Gasteiger partial charge in [-0.2, -0.15) is 0 Å². The Bertz CT molecular complexity index is 1500. The first-order chi connectivity index (χ1) is 20.0. The van der Waals surface area contributed by atoms with Crippen molar-refractivity contribution in [1.82, 2.24) is 14.5 Å². The largest absolute Gasteiger partial charge is 0.662 e. The second-order valence-electron chi connectivity index (χ2n) is 11.5. The maximum Gasteiger partial charge on any atom is 0.313 e. The van der Waals surface area contributed by atoms with Crippen LogP contribution in [-0.4, -0.2) is 57.9 Å². The number of likely N-dealkylation sites (tertiary alicyclic amines) is 1. The Morgan fingerprint density at radius 1 is 1.07 bits per heavy atom. The number of nitrogens with zero attached hydrogens (tertiary/aromatic N) is 4. The number of esters is 1. The number of pyridine rings is 2. The van der Waals surface area contributed by atoms with Gasteiger partial charge in [0.1, 0.15) is 6.61 Å². The molecule has 221 valence electrons. The van der Waals surface area contributed by atoms with Crippen molar-refractivity contribution < 1.29 is 52.4 Å². The van der Waals surface area contributed by atoms with Gasteiger partial charge < -0.3 is 24.4 Å². The summed E-state index contributed by atoms with van der Waals surface area (Å²) in [4.78, 5) is 37.3. The smallest absolute Gasteiger partial charge is 0.313 e. The van der Waals surface area contributed by atoms with Crippen LogP contribution in [0.15, 0.2) is 29.1 Å². The summed E-state index contributed by atoms with van der Waals surface area (Å²) in [6.07, 6.45) is 8.27. The Hall–Kier alpha value is -2.17. The molecular weight excluding hydrogens is 609 g/mol. The normalized spacial score (nSPS) is 20.0. The van der Waals surface area contributed by atoms with Crippen molar-refractivity contribution in [2.75, 3.05) is 26.2 Å². The van der Waals surface area contributed by atoms with Crippen LogP contribution in [0.3, 0.4) is 0 Å². The third kappa shape index (κ3) is 5.83. The summed E-state index contributed by atoms with van der Waals surface area (Å²) >= 11 is 0. The molecule has 4 aliphatic rings. The van der Waals surface area contributed by atoms with Crippen LogP contribution in [0, 0.1) is 0 Å². The molecule has 2 fully saturated rings. The molecule has 42 heavy (non-hydrogen) atoms. The van der Waals surface area contributed by atoms with Gasteiger partial charge in [0, 0.05) is 49.7 Å². The van der Waals surface area contributed by atoms with Gasteiger partial charge in [-0.15, -0.1) is 13.1 Å². The fraction of sp³-hybridized carbons (Fsp3) is 0.531. The number of fused-ring (bicyclic) bond motifs is 5. The van der Waals surface area contributed by atoms with Crippen LogP contribution in [0.2, 0.25) is 0 Å². The van der Waals surface area contributed by atoms with Crippen LogP contribution in [0.25, 0.3) is 27.6 Å². The Morgan fingerprint density at radius 2 is 1.83 bits per heavy atom. The van der Waals surface area contributed by atoms with E-state index in [4.69, 9.17) is 15.0 Å². The predicted molar refractivity (Wildman–Crippen MR) is 158 cm³/mol. The van der Waals surface area contributed by atoms with E-state index in [0.29, 0.717) is 24.3 Å². The predicted octanol–water partition coefficient (Wildman–Crippen LogP) is 5.40. The molecule has 0 saturated carbocycles. The van der Waals surface area contributed by atoms with Crippen molar-refractivity contribution in [3.8, 4) is 17.1 Å². The summed E-state index contributed by atoms with van der Waals surface area (Å²) in [5.74, 6) is -0.352. The second kappa shape index (κ2) is 13.6. The molecule has 0 spiro atoms. The number of carbonyl (C=O) groups is 1. The van der Waals surface area contributed by atoms with Crippen LogP contribution in [0.4, 0.5) is 0 Å². The standard InChI is InChI=1S/C22H20N2O5.C10H19N2.Y/c1-3-12-15-7-11(29-27)5-6-18(15)23-20-16(12)9-24-19(20)8-14-13(4-2)22(26)28-10-17(14)21(24)25;1-2-8-12(9-3-1)10-4-6-11-7-5-10;/h5-8,13,27H,3-4,9-10H2,1-2H3;10H,1-9H2;/q;-1;. The molecule has 9 nitrogen and oxygen atoms in total. The van der Waals surface area contributed by atoms with Crippen molar-refractivity contribution >= 4 is 16.9 Å². The molecule has 0 aliphatic carbocycles. The average molecular weight is 649 g/mol. The molecule has 4 aliphatic heterocycles. The first-order valence-electron chi connectivity index (χ1n) is 15.1. The molecule has 6 heterocycles. The molecule has 0 amide bonds. The maximum atomic E-state index is 13.2. The van der Waals surface area contributed by atoms with Crippen LogP contribution in [-0.2, 0) is 61.8 Å². The monoisotopic (exact) mass is 648 g/mol. The number of piperidine rings is 2. The zero-order chi connectivity index (χ0) is 28.5. The van der Waals surface area contributed by atoms with Crippen molar-refractivity contribution in [3.63, 3.8) is 0 Å². The molecular formula is C32H39N4O5Y-. The minimum Gasteiger partial charge on any atom is -0.662 e. The molecule has 1 N–H and O–H groups in total. The van der Waals surface area contributed by atoms with E-state index in [1.807, 2.05) is 13.0 Å². The summed E-state index contributed by atoms with van der Waals surface area (Å²) in [5.41, 5.74) is 5.57. The third-order valence-electron chi connectivity index (χ3n) is 9.20. The first-order valence-corrected chi connectivity index (χ1v) is 15.1.